The van der Waals surface area contributed by atoms with Crippen molar-refractivity contribution in [3.63, 3.8) is 0 Å². The molecule has 0 aliphatic carbocycles. The molecule has 1 aromatic rings. The summed E-state index contributed by atoms with van der Waals surface area (Å²) >= 11 is 6.37. The van der Waals surface area contributed by atoms with Crippen molar-refractivity contribution < 1.29 is 0 Å². The molecule has 76 valence electrons. The summed E-state index contributed by atoms with van der Waals surface area (Å²) in [6, 6.07) is 4.67. The normalized spacial score (nSPS) is 16.8. The van der Waals surface area contributed by atoms with Crippen LogP contribution in [0.25, 0.3) is 0 Å². The van der Waals surface area contributed by atoms with Crippen LogP contribution < -0.4 is 0 Å². The van der Waals surface area contributed by atoms with E-state index in [2.05, 4.69) is 74.1 Å². The van der Waals surface area contributed by atoms with Gasteiger partial charge in [0, 0.05) is 0 Å². The maximum atomic E-state index is 2.55. The second kappa shape index (κ2) is 5.83. The van der Waals surface area contributed by atoms with Crippen LogP contribution in [0.4, 0.5) is 0 Å². The molecule has 0 aliphatic heterocycles. The fourth-order valence-electron chi connectivity index (χ4n) is 0.906. The van der Waals surface area contributed by atoms with Crippen LogP contribution in [0.15, 0.2) is 12.1 Å². The minimum absolute atomic E-state index is 0.688. The van der Waals surface area contributed by atoms with Gasteiger partial charge in [-0.05, 0) is 0 Å². The van der Waals surface area contributed by atoms with Gasteiger partial charge in [0.2, 0.25) is 0 Å². The van der Waals surface area contributed by atoms with E-state index in [-0.39, 0.29) is 0 Å². The van der Waals surface area contributed by atoms with Crippen LogP contribution in [0.5, 0.6) is 0 Å². The van der Waals surface area contributed by atoms with Crippen molar-refractivity contribution in [1.82, 2.24) is 0 Å². The van der Waals surface area contributed by atoms with Gasteiger partial charge < -0.3 is 0 Å². The number of rotatable bonds is 3. The van der Waals surface area contributed by atoms with Crippen LogP contribution in [0.3, 0.4) is 0 Å². The molecule has 13 heavy (non-hydrogen) atoms. The maximum absolute atomic E-state index is 2.55. The molecule has 0 fully saturated rings. The van der Waals surface area contributed by atoms with Crippen LogP contribution in [-0.4, -0.2) is 13.8 Å². The summed E-state index contributed by atoms with van der Waals surface area (Å²) in [5.41, 5.74) is 0. The molecule has 1 aromatic heterocycles. The Bertz CT molecular complexity index is 268. The Morgan fingerprint density at radius 1 is 1.31 bits per heavy atom. The monoisotopic (exact) mass is 534 g/mol. The van der Waals surface area contributed by atoms with E-state index in [1.807, 2.05) is 11.3 Å². The van der Waals surface area contributed by atoms with Crippen LogP contribution >= 0.6 is 76.3 Å². The molecular weight excluding hydrogens is 521 g/mol. The van der Waals surface area contributed by atoms with Gasteiger partial charge in [-0.3, -0.25) is 0 Å². The summed E-state index contributed by atoms with van der Waals surface area (Å²) in [5, 5.41) is 0. The van der Waals surface area contributed by atoms with Crippen LogP contribution in [0.2, 0.25) is 0 Å². The average Bonchev–Trinajstić information content (AvgIpc) is 2.50. The Kier molecular flexibility index (Phi) is 5.81. The zero-order valence-corrected chi connectivity index (χ0v) is 15.1. The molecule has 1 rings (SSSR count). The van der Waals surface area contributed by atoms with E-state index in [1.54, 1.807) is 7.76 Å². The topological polar surface area (TPSA) is 0 Å². The van der Waals surface area contributed by atoms with Gasteiger partial charge in [-0.1, -0.05) is 0 Å². The van der Waals surface area contributed by atoms with E-state index in [0.717, 1.165) is 3.92 Å². The number of hydrogen-bond acceptors (Lipinski definition) is 1. The number of alkyl halides is 4. The first kappa shape index (κ1) is 13.0. The van der Waals surface area contributed by atoms with Gasteiger partial charge >= 0.3 is 121 Å². The number of hydrogen-bond donors (Lipinski definition) is 0. The van der Waals surface area contributed by atoms with Gasteiger partial charge in [-0.25, -0.2) is 0 Å². The number of thiophene rings is 1. The molecule has 0 N–H and O–H groups in total. The van der Waals surface area contributed by atoms with E-state index in [9.17, 15) is 0 Å². The predicted molar refractivity (Wildman–Crippen MR) is 89.1 cm³/mol. The Hall–Kier alpha value is 1.89. The van der Waals surface area contributed by atoms with E-state index in [4.69, 9.17) is 0 Å². The van der Waals surface area contributed by atoms with E-state index < -0.39 is 19.8 Å². The van der Waals surface area contributed by atoms with Crippen molar-refractivity contribution in [2.75, 3.05) is 9.86 Å². The SMILES string of the molecule is CC(I)C(I)c1ccc(I(C)C)s1. The minimum atomic E-state index is -0.727. The van der Waals surface area contributed by atoms with Gasteiger partial charge in [-0.15, -0.1) is 0 Å². The summed E-state index contributed by atoms with van der Waals surface area (Å²) in [4.78, 5) is 6.38. The van der Waals surface area contributed by atoms with E-state index in [1.165, 1.54) is 0 Å². The summed E-state index contributed by atoms with van der Waals surface area (Å²) < 4.78 is 3.08. The molecular formula is C9H13I3S. The summed E-state index contributed by atoms with van der Waals surface area (Å²) in [7, 11) is 0. The first-order valence-corrected chi connectivity index (χ1v) is 12.6. The van der Waals surface area contributed by atoms with Crippen LogP contribution in [-0.2, 0) is 0 Å². The van der Waals surface area contributed by atoms with Gasteiger partial charge in [0.05, 0.1) is 0 Å². The third-order valence-corrected chi connectivity index (χ3v) is 12.1. The van der Waals surface area contributed by atoms with Gasteiger partial charge in [0.15, 0.2) is 0 Å². The summed E-state index contributed by atoms with van der Waals surface area (Å²) in [6.07, 6.45) is 0. The molecule has 0 saturated carbocycles. The zero-order valence-electron chi connectivity index (χ0n) is 7.85. The van der Waals surface area contributed by atoms with Crippen molar-refractivity contribution in [2.45, 2.75) is 14.8 Å². The fourth-order valence-corrected chi connectivity index (χ4v) is 6.08. The Morgan fingerprint density at radius 3 is 2.31 bits per heavy atom. The Morgan fingerprint density at radius 2 is 1.92 bits per heavy atom. The van der Waals surface area contributed by atoms with Crippen LogP contribution in [0, 0.1) is 2.88 Å². The van der Waals surface area contributed by atoms with Crippen molar-refractivity contribution in [2.24, 2.45) is 0 Å². The second-order valence-electron chi connectivity index (χ2n) is 2.98. The zero-order chi connectivity index (χ0) is 10.0. The predicted octanol–water partition coefficient (Wildman–Crippen LogP) is 4.98. The van der Waals surface area contributed by atoms with Gasteiger partial charge in [0.25, 0.3) is 0 Å². The first-order valence-electron chi connectivity index (χ1n) is 3.90. The molecule has 0 radical (unpaired) electrons. The van der Waals surface area contributed by atoms with Crippen molar-refractivity contribution in [3.8, 4) is 0 Å². The van der Waals surface area contributed by atoms with Crippen molar-refractivity contribution in [1.29, 1.82) is 0 Å². The molecule has 0 aliphatic rings. The van der Waals surface area contributed by atoms with Crippen molar-refractivity contribution >= 4 is 76.3 Å². The molecule has 0 amide bonds. The molecule has 2 unspecified atom stereocenters. The van der Waals surface area contributed by atoms with Crippen molar-refractivity contribution in [3.05, 3.63) is 19.9 Å². The second-order valence-corrected chi connectivity index (χ2v) is 13.6. The van der Waals surface area contributed by atoms with Crippen LogP contribution in [0.1, 0.15) is 15.7 Å². The fraction of sp³-hybridized carbons (Fsp3) is 0.556. The molecule has 0 saturated heterocycles. The van der Waals surface area contributed by atoms with Gasteiger partial charge in [-0.2, -0.15) is 0 Å². The summed E-state index contributed by atoms with van der Waals surface area (Å²) in [6.45, 7) is 2.28. The third-order valence-electron chi connectivity index (χ3n) is 1.64. The van der Waals surface area contributed by atoms with E-state index in [0.29, 0.717) is 3.92 Å². The standard InChI is InChI=1S/C9H13I3S/c1-6(10)9(11)7-4-5-8(13-7)12(2)3/h4-6,9H,1-3H3. The van der Waals surface area contributed by atoms with E-state index >= 15 is 0 Å². The third kappa shape index (κ3) is 3.75. The number of halogens is 3. The average molecular weight is 534 g/mol. The molecule has 0 bridgehead atoms. The molecule has 0 aromatic carbocycles. The Labute approximate surface area is 119 Å². The molecule has 0 nitrogen and oxygen atoms in total. The molecule has 0 spiro atoms. The molecule has 2 atom stereocenters. The summed E-state index contributed by atoms with van der Waals surface area (Å²) in [5.74, 6) is 0. The molecule has 1 heterocycles. The quantitative estimate of drug-likeness (QED) is 0.380. The van der Waals surface area contributed by atoms with Gasteiger partial charge in [0.1, 0.15) is 0 Å². The Balaban J connectivity index is 2.79. The first-order chi connectivity index (χ1) is 6.02. The molecule has 4 heteroatoms.